The van der Waals surface area contributed by atoms with Gasteiger partial charge in [0.2, 0.25) is 15.5 Å². The number of piperidine rings is 1. The maximum atomic E-state index is 13.4. The second kappa shape index (κ2) is 18.5. The predicted molar refractivity (Wildman–Crippen MR) is 196 cm³/mol. The van der Waals surface area contributed by atoms with Crippen LogP contribution in [0.2, 0.25) is 0 Å². The van der Waals surface area contributed by atoms with Crippen molar-refractivity contribution >= 4 is 59.5 Å². The third-order valence-electron chi connectivity index (χ3n) is 8.93. The van der Waals surface area contributed by atoms with Crippen LogP contribution in [0.4, 0.5) is 5.69 Å². The van der Waals surface area contributed by atoms with E-state index in [1.807, 2.05) is 6.07 Å². The molecule has 0 aliphatic carbocycles. The van der Waals surface area contributed by atoms with Gasteiger partial charge >= 0.3 is 0 Å². The van der Waals surface area contributed by atoms with Crippen LogP contribution in [0.1, 0.15) is 108 Å². The molecule has 1 aromatic heterocycles. The SMILES string of the molecule is CCCCCCN(CCCCCC)c1ccc(C=Cc2sc3cc(S(=O)(=O)N4CCCCC4)ccc3[n+]2CCCCS(=O)(=O)O)cc1. The number of benzene rings is 2. The molecule has 1 N–H and O–H groups in total. The molecule has 47 heavy (non-hydrogen) atoms. The zero-order valence-corrected chi connectivity index (χ0v) is 30.7. The van der Waals surface area contributed by atoms with Crippen molar-refractivity contribution in [3.05, 3.63) is 53.0 Å². The van der Waals surface area contributed by atoms with Crippen LogP contribution in [0.3, 0.4) is 0 Å². The molecule has 260 valence electrons. The fourth-order valence-corrected chi connectivity index (χ4v) is 9.52. The number of rotatable bonds is 20. The summed E-state index contributed by atoms with van der Waals surface area (Å²) < 4.78 is 63.2. The van der Waals surface area contributed by atoms with Crippen molar-refractivity contribution in [2.45, 2.75) is 109 Å². The number of sulfonamides is 1. The molecular weight excluding hydrogens is 651 g/mol. The normalized spacial score (nSPS) is 14.8. The Morgan fingerprint density at radius 2 is 1.47 bits per heavy atom. The number of thiazole rings is 1. The third kappa shape index (κ3) is 11.4. The maximum Gasteiger partial charge on any atom is 0.264 e. The second-order valence-electron chi connectivity index (χ2n) is 12.7. The van der Waals surface area contributed by atoms with Gasteiger partial charge in [0, 0.05) is 50.4 Å². The zero-order valence-electron chi connectivity index (χ0n) is 28.3. The van der Waals surface area contributed by atoms with Gasteiger partial charge in [-0.2, -0.15) is 17.3 Å². The Hall–Kier alpha value is -2.31. The summed E-state index contributed by atoms with van der Waals surface area (Å²) in [5.74, 6) is -0.278. The van der Waals surface area contributed by atoms with E-state index in [1.165, 1.54) is 68.4 Å². The smallest absolute Gasteiger partial charge is 0.264 e. The number of fused-ring (bicyclic) bond motifs is 1. The number of unbranched alkanes of at least 4 members (excludes halogenated alkanes) is 7. The minimum absolute atomic E-state index is 0.278. The molecule has 0 amide bonds. The van der Waals surface area contributed by atoms with Crippen molar-refractivity contribution in [1.29, 1.82) is 0 Å². The van der Waals surface area contributed by atoms with Crippen molar-refractivity contribution in [3.63, 3.8) is 0 Å². The molecule has 1 aliphatic heterocycles. The number of anilines is 1. The molecule has 2 heterocycles. The molecule has 0 unspecified atom stereocenters. The maximum absolute atomic E-state index is 13.4. The summed E-state index contributed by atoms with van der Waals surface area (Å²) in [4.78, 5) is 2.84. The average molecular weight is 705 g/mol. The largest absolute Gasteiger partial charge is 0.372 e. The van der Waals surface area contributed by atoms with Crippen LogP contribution in [0.5, 0.6) is 0 Å². The van der Waals surface area contributed by atoms with Gasteiger partial charge < -0.3 is 4.90 Å². The molecule has 1 aliphatic rings. The Morgan fingerprint density at radius 3 is 2.09 bits per heavy atom. The van der Waals surface area contributed by atoms with E-state index in [1.54, 1.807) is 16.4 Å². The molecule has 2 aromatic carbocycles. The average Bonchev–Trinajstić information content (AvgIpc) is 3.41. The van der Waals surface area contributed by atoms with Gasteiger partial charge in [0.25, 0.3) is 15.1 Å². The lowest BCUT2D eigenvalue weighted by molar-refractivity contribution is -0.669. The van der Waals surface area contributed by atoms with Crippen molar-refractivity contribution in [3.8, 4) is 0 Å². The topological polar surface area (TPSA) is 98.9 Å². The monoisotopic (exact) mass is 704 g/mol. The van der Waals surface area contributed by atoms with Gasteiger partial charge in [-0.3, -0.25) is 4.55 Å². The van der Waals surface area contributed by atoms with Crippen LogP contribution < -0.4 is 9.47 Å². The highest BCUT2D eigenvalue weighted by molar-refractivity contribution is 7.89. The van der Waals surface area contributed by atoms with Crippen molar-refractivity contribution in [2.24, 2.45) is 0 Å². The van der Waals surface area contributed by atoms with E-state index in [0.29, 0.717) is 37.4 Å². The highest BCUT2D eigenvalue weighted by atomic mass is 32.2. The summed E-state index contributed by atoms with van der Waals surface area (Å²) in [6, 6.07) is 14.1. The first-order valence-electron chi connectivity index (χ1n) is 17.6. The highest BCUT2D eigenvalue weighted by Gasteiger charge is 2.28. The van der Waals surface area contributed by atoms with Crippen molar-refractivity contribution < 1.29 is 26.0 Å². The number of aryl methyl sites for hydroxylation is 1. The highest BCUT2D eigenvalue weighted by Crippen LogP contribution is 2.28. The quantitative estimate of drug-likeness (QED) is 0.0724. The lowest BCUT2D eigenvalue weighted by atomic mass is 10.1. The summed E-state index contributed by atoms with van der Waals surface area (Å²) in [6.45, 7) is 8.32. The number of aromatic nitrogens is 1. The molecule has 4 rings (SSSR count). The number of nitrogens with zero attached hydrogens (tertiary/aromatic N) is 3. The molecule has 3 aromatic rings. The Morgan fingerprint density at radius 1 is 0.809 bits per heavy atom. The first-order chi connectivity index (χ1) is 22.6. The van der Waals surface area contributed by atoms with E-state index in [0.717, 1.165) is 53.1 Å². The van der Waals surface area contributed by atoms with Gasteiger partial charge in [-0.1, -0.05) is 82.3 Å². The second-order valence-corrected chi connectivity index (χ2v) is 17.3. The van der Waals surface area contributed by atoms with E-state index >= 15 is 0 Å². The standard InChI is InChI=1S/C36H53N3O5S3/c1-3-5-7-10-24-37(25-11-8-6-4-2)32-19-16-31(17-20-32)18-23-36-39(28-14-15-29-46(40,41)42)34-22-21-33(30-35(34)45-36)47(43,44)38-26-12-9-13-27-38/h16-23,30H,3-15,24-29H2,1-2H3/p+1. The lowest BCUT2D eigenvalue weighted by Gasteiger charge is -2.25. The summed E-state index contributed by atoms with van der Waals surface area (Å²) in [6.07, 6.45) is 17.8. The van der Waals surface area contributed by atoms with E-state index in [4.69, 9.17) is 0 Å². The molecule has 1 saturated heterocycles. The van der Waals surface area contributed by atoms with E-state index < -0.39 is 20.1 Å². The number of hydrogen-bond donors (Lipinski definition) is 1. The van der Waals surface area contributed by atoms with Crippen molar-refractivity contribution in [1.82, 2.24) is 4.31 Å². The minimum atomic E-state index is -4.02. The van der Waals surface area contributed by atoms with Crippen LogP contribution in [0, 0.1) is 0 Å². The van der Waals surface area contributed by atoms with Gasteiger partial charge in [0.05, 0.1) is 10.6 Å². The van der Waals surface area contributed by atoms with E-state index in [2.05, 4.69) is 59.7 Å². The van der Waals surface area contributed by atoms with Gasteiger partial charge in [-0.05, 0) is 68.0 Å². The summed E-state index contributed by atoms with van der Waals surface area (Å²) in [5.41, 5.74) is 3.25. The molecule has 0 bridgehead atoms. The van der Waals surface area contributed by atoms with Crippen LogP contribution in [-0.2, 0) is 26.7 Å². The number of hydrogen-bond acceptors (Lipinski definition) is 6. The first kappa shape index (κ1) is 37.5. The molecule has 0 radical (unpaired) electrons. The predicted octanol–water partition coefficient (Wildman–Crippen LogP) is 8.17. The molecule has 1 fully saturated rings. The molecule has 11 heteroatoms. The molecular formula is C36H54N3O5S3+. The van der Waals surface area contributed by atoms with Crippen LogP contribution in [0.15, 0.2) is 47.4 Å². The molecule has 0 atom stereocenters. The fourth-order valence-electron chi connectivity index (χ4n) is 6.20. The van der Waals surface area contributed by atoms with E-state index in [9.17, 15) is 21.4 Å². The fraction of sp³-hybridized carbons (Fsp3) is 0.583. The zero-order chi connectivity index (χ0) is 33.7. The Balaban J connectivity index is 1.56. The van der Waals surface area contributed by atoms with Crippen LogP contribution in [0.25, 0.3) is 22.4 Å². The van der Waals surface area contributed by atoms with Gasteiger partial charge in [0.1, 0.15) is 4.70 Å². The van der Waals surface area contributed by atoms with Crippen LogP contribution >= 0.6 is 11.3 Å². The Kier molecular flexibility index (Phi) is 14.7. The summed E-state index contributed by atoms with van der Waals surface area (Å²) >= 11 is 1.54. The van der Waals surface area contributed by atoms with Gasteiger partial charge in [-0.25, -0.2) is 8.42 Å². The molecule has 0 spiro atoms. The third-order valence-corrected chi connectivity index (χ3v) is 12.7. The Bertz CT molecular complexity index is 1630. The summed E-state index contributed by atoms with van der Waals surface area (Å²) in [7, 11) is -7.58. The molecule has 0 saturated carbocycles. The van der Waals surface area contributed by atoms with E-state index in [-0.39, 0.29) is 5.75 Å². The Labute approximate surface area is 287 Å². The lowest BCUT2D eigenvalue weighted by Crippen LogP contribution is -2.36. The van der Waals surface area contributed by atoms with Gasteiger partial charge in [0.15, 0.2) is 6.54 Å². The molecule has 8 nitrogen and oxygen atoms in total. The van der Waals surface area contributed by atoms with Gasteiger partial charge in [-0.15, -0.1) is 0 Å². The minimum Gasteiger partial charge on any atom is -0.372 e. The summed E-state index contributed by atoms with van der Waals surface area (Å²) in [5, 5.41) is 0.955. The van der Waals surface area contributed by atoms with Crippen LogP contribution in [-0.4, -0.2) is 57.6 Å². The van der Waals surface area contributed by atoms with Crippen molar-refractivity contribution in [2.75, 3.05) is 36.8 Å². The first-order valence-corrected chi connectivity index (χ1v) is 21.4.